The Balaban J connectivity index is 0.00000512. The lowest BCUT2D eigenvalue weighted by Gasteiger charge is -2.35. The van der Waals surface area contributed by atoms with Gasteiger partial charge in [0.05, 0.1) is 18.9 Å². The molecule has 0 aromatic heterocycles. The van der Waals surface area contributed by atoms with Crippen LogP contribution in [-0.2, 0) is 23.9 Å². The minimum absolute atomic E-state index is 0. The number of carbonyl (C=O) groups is 4. The molecule has 4 N–H and O–H groups in total. The van der Waals surface area contributed by atoms with E-state index in [9.17, 15) is 24.3 Å². The summed E-state index contributed by atoms with van der Waals surface area (Å²) in [5.41, 5.74) is -1.93. The van der Waals surface area contributed by atoms with Gasteiger partial charge in [0.1, 0.15) is 0 Å². The zero-order valence-corrected chi connectivity index (χ0v) is 19.8. The van der Waals surface area contributed by atoms with E-state index in [-0.39, 0.29) is 37.9 Å². The Hall–Kier alpha value is -1.91. The maximum Gasteiger partial charge on any atom is 0.350 e. The number of ether oxygens (including phenoxy) is 1. The minimum Gasteiger partial charge on any atom is -0.478 e. The highest BCUT2D eigenvalue weighted by Crippen LogP contribution is 2.22. The fraction of sp³-hybridized carbons (Fsp3) is 0.810. The number of nitrogens with one attached hydrogen (secondary N) is 3. The summed E-state index contributed by atoms with van der Waals surface area (Å²) in [7, 11) is 1.44. The first-order chi connectivity index (χ1) is 14.7. The molecule has 2 rings (SSSR count). The molecule has 3 amide bonds. The van der Waals surface area contributed by atoms with Crippen LogP contribution in [0.3, 0.4) is 0 Å². The molecule has 0 bridgehead atoms. The van der Waals surface area contributed by atoms with Crippen molar-refractivity contribution in [3.05, 3.63) is 0 Å². The molecular formula is C21H37ClN4O6. The number of likely N-dealkylation sites (tertiary alicyclic amines) is 1. The predicted octanol–water partition coefficient (Wildman–Crippen LogP) is 0.496. The quantitative estimate of drug-likeness (QED) is 0.337. The van der Waals surface area contributed by atoms with E-state index in [1.807, 2.05) is 0 Å². The van der Waals surface area contributed by atoms with Crippen molar-refractivity contribution in [1.29, 1.82) is 0 Å². The van der Waals surface area contributed by atoms with E-state index < -0.39 is 29.4 Å². The number of carboxylic acid groups (broad SMARTS) is 1. The predicted molar refractivity (Wildman–Crippen MR) is 120 cm³/mol. The number of carboxylic acids is 1. The molecule has 10 nitrogen and oxygen atoms in total. The van der Waals surface area contributed by atoms with Crippen molar-refractivity contribution in [2.75, 3.05) is 39.9 Å². The van der Waals surface area contributed by atoms with Crippen LogP contribution in [0.1, 0.15) is 51.9 Å². The lowest BCUT2D eigenvalue weighted by Crippen LogP contribution is -2.65. The minimum atomic E-state index is -1.93. The largest absolute Gasteiger partial charge is 0.478 e. The number of amides is 3. The van der Waals surface area contributed by atoms with Crippen LogP contribution in [-0.4, -0.2) is 79.3 Å². The SMILES string of the molecule is COCCC(=O)N[C@@](C)(NC(=O)[C@@H]1CCCN(C(=O)CCC2CCNCC2)C1)C(=O)O.Cl. The second-order valence-electron chi connectivity index (χ2n) is 8.62. The van der Waals surface area contributed by atoms with Crippen LogP contribution in [0.15, 0.2) is 0 Å². The van der Waals surface area contributed by atoms with E-state index in [1.54, 1.807) is 4.90 Å². The van der Waals surface area contributed by atoms with Crippen molar-refractivity contribution < 1.29 is 29.0 Å². The van der Waals surface area contributed by atoms with Gasteiger partial charge in [0.25, 0.3) is 0 Å². The van der Waals surface area contributed by atoms with Gasteiger partial charge >= 0.3 is 5.97 Å². The number of methoxy groups -OCH3 is 1. The summed E-state index contributed by atoms with van der Waals surface area (Å²) in [6.45, 7) is 4.25. The molecule has 2 saturated heterocycles. The van der Waals surface area contributed by atoms with Crippen molar-refractivity contribution in [2.24, 2.45) is 11.8 Å². The molecular weight excluding hydrogens is 440 g/mol. The van der Waals surface area contributed by atoms with Crippen LogP contribution in [0.25, 0.3) is 0 Å². The second kappa shape index (κ2) is 13.6. The molecule has 32 heavy (non-hydrogen) atoms. The summed E-state index contributed by atoms with van der Waals surface area (Å²) in [4.78, 5) is 50.9. The molecule has 0 radical (unpaired) electrons. The van der Waals surface area contributed by atoms with E-state index in [4.69, 9.17) is 4.74 Å². The summed E-state index contributed by atoms with van der Waals surface area (Å²) >= 11 is 0. The summed E-state index contributed by atoms with van der Waals surface area (Å²) in [5.74, 6) is -2.28. The summed E-state index contributed by atoms with van der Waals surface area (Å²) < 4.78 is 4.82. The lowest BCUT2D eigenvalue weighted by atomic mass is 9.92. The molecule has 2 aliphatic heterocycles. The molecule has 0 spiro atoms. The highest BCUT2D eigenvalue weighted by Gasteiger charge is 2.39. The number of rotatable bonds is 10. The number of nitrogens with zero attached hydrogens (tertiary/aromatic N) is 1. The van der Waals surface area contributed by atoms with Gasteiger partial charge in [-0.15, -0.1) is 12.4 Å². The van der Waals surface area contributed by atoms with Gasteiger partial charge in [-0.25, -0.2) is 4.79 Å². The van der Waals surface area contributed by atoms with Crippen molar-refractivity contribution in [2.45, 2.75) is 57.5 Å². The monoisotopic (exact) mass is 476 g/mol. The Kier molecular flexibility index (Phi) is 11.9. The zero-order valence-electron chi connectivity index (χ0n) is 19.0. The number of hydrogen-bond donors (Lipinski definition) is 4. The topological polar surface area (TPSA) is 137 Å². The van der Waals surface area contributed by atoms with Crippen LogP contribution in [0, 0.1) is 11.8 Å². The molecule has 2 atom stereocenters. The summed E-state index contributed by atoms with van der Waals surface area (Å²) in [5, 5.41) is 17.7. The molecule has 2 heterocycles. The van der Waals surface area contributed by atoms with Crippen LogP contribution >= 0.6 is 12.4 Å². The molecule has 184 valence electrons. The van der Waals surface area contributed by atoms with Crippen LogP contribution < -0.4 is 16.0 Å². The van der Waals surface area contributed by atoms with E-state index in [0.29, 0.717) is 31.7 Å². The van der Waals surface area contributed by atoms with Gasteiger partial charge < -0.3 is 30.7 Å². The molecule has 2 aliphatic rings. The number of hydrogen-bond acceptors (Lipinski definition) is 6. The third-order valence-corrected chi connectivity index (χ3v) is 6.09. The number of piperidine rings is 2. The molecule has 0 aromatic carbocycles. The van der Waals surface area contributed by atoms with Crippen molar-refractivity contribution in [3.8, 4) is 0 Å². The molecule has 0 aromatic rings. The lowest BCUT2D eigenvalue weighted by molar-refractivity contribution is -0.152. The Morgan fingerprint density at radius 1 is 1.12 bits per heavy atom. The third kappa shape index (κ3) is 8.55. The Morgan fingerprint density at radius 2 is 1.81 bits per heavy atom. The third-order valence-electron chi connectivity index (χ3n) is 6.09. The van der Waals surface area contributed by atoms with Gasteiger partial charge in [0.15, 0.2) is 0 Å². The van der Waals surface area contributed by atoms with Gasteiger partial charge in [0.2, 0.25) is 23.4 Å². The zero-order chi connectivity index (χ0) is 22.9. The number of aliphatic carboxylic acids is 1. The standard InChI is InChI=1S/C21H36N4O6.ClH/c1-21(20(29)30,23-17(26)9-13-31-2)24-19(28)16-4-3-12-25(14-16)18(27)6-5-15-7-10-22-11-8-15;/h15-16,22H,3-14H2,1-2H3,(H,23,26)(H,24,28)(H,29,30);1H/t16-,21+;/m1./s1. The smallest absolute Gasteiger partial charge is 0.350 e. The first-order valence-corrected chi connectivity index (χ1v) is 11.1. The van der Waals surface area contributed by atoms with Crippen molar-refractivity contribution >= 4 is 36.1 Å². The summed E-state index contributed by atoms with van der Waals surface area (Å²) in [6, 6.07) is 0. The van der Waals surface area contributed by atoms with Gasteiger partial charge in [-0.3, -0.25) is 14.4 Å². The molecule has 11 heteroatoms. The molecule has 0 aliphatic carbocycles. The van der Waals surface area contributed by atoms with E-state index >= 15 is 0 Å². The van der Waals surface area contributed by atoms with E-state index in [2.05, 4.69) is 16.0 Å². The fourth-order valence-electron chi connectivity index (χ4n) is 4.10. The Morgan fingerprint density at radius 3 is 2.44 bits per heavy atom. The van der Waals surface area contributed by atoms with Crippen molar-refractivity contribution in [1.82, 2.24) is 20.9 Å². The summed E-state index contributed by atoms with van der Waals surface area (Å²) in [6.07, 6.45) is 4.74. The molecule has 2 fully saturated rings. The maximum atomic E-state index is 12.8. The van der Waals surface area contributed by atoms with Gasteiger partial charge in [-0.2, -0.15) is 0 Å². The first-order valence-electron chi connectivity index (χ1n) is 11.1. The number of carbonyl (C=O) groups excluding carboxylic acids is 3. The van der Waals surface area contributed by atoms with Crippen LogP contribution in [0.4, 0.5) is 0 Å². The van der Waals surface area contributed by atoms with Gasteiger partial charge in [-0.05, 0) is 58.0 Å². The highest BCUT2D eigenvalue weighted by atomic mass is 35.5. The highest BCUT2D eigenvalue weighted by molar-refractivity contribution is 5.91. The molecule has 0 unspecified atom stereocenters. The molecule has 0 saturated carbocycles. The van der Waals surface area contributed by atoms with Gasteiger partial charge in [0, 0.05) is 26.6 Å². The van der Waals surface area contributed by atoms with E-state index in [1.165, 1.54) is 14.0 Å². The van der Waals surface area contributed by atoms with Crippen molar-refractivity contribution in [3.63, 3.8) is 0 Å². The maximum absolute atomic E-state index is 12.8. The van der Waals surface area contributed by atoms with Gasteiger partial charge in [-0.1, -0.05) is 0 Å². The average molecular weight is 477 g/mol. The van der Waals surface area contributed by atoms with Crippen LogP contribution in [0.5, 0.6) is 0 Å². The Labute approximate surface area is 195 Å². The normalized spacial score (nSPS) is 21.1. The Bertz CT molecular complexity index is 658. The second-order valence-corrected chi connectivity index (χ2v) is 8.62. The number of halogens is 1. The average Bonchev–Trinajstić information content (AvgIpc) is 2.76. The van der Waals surface area contributed by atoms with Crippen LogP contribution in [0.2, 0.25) is 0 Å². The first kappa shape index (κ1) is 28.1. The van der Waals surface area contributed by atoms with E-state index in [0.717, 1.165) is 32.4 Å². The fourth-order valence-corrected chi connectivity index (χ4v) is 4.10.